The molecular weight excluding hydrogens is 260 g/mol. The Hall–Kier alpha value is -1.94. The van der Waals surface area contributed by atoms with Crippen molar-refractivity contribution in [1.82, 2.24) is 0 Å². The molecule has 2 aromatic rings. The van der Waals surface area contributed by atoms with Crippen molar-refractivity contribution >= 4 is 15.6 Å². The fourth-order valence-corrected chi connectivity index (χ4v) is 2.55. The van der Waals surface area contributed by atoms with Crippen molar-refractivity contribution in [3.63, 3.8) is 0 Å². The molecule has 4 heteroatoms. The third kappa shape index (κ3) is 2.90. The SMILES string of the molecule is CC(=O)c1ccccc1-c1ccc(S(C)(=O)=O)cc1. The van der Waals surface area contributed by atoms with Crippen LogP contribution in [0.25, 0.3) is 11.1 Å². The van der Waals surface area contributed by atoms with Crippen LogP contribution in [-0.4, -0.2) is 20.5 Å². The average Bonchev–Trinajstić information content (AvgIpc) is 2.38. The highest BCUT2D eigenvalue weighted by atomic mass is 32.2. The number of carbonyl (C=O) groups is 1. The summed E-state index contributed by atoms with van der Waals surface area (Å²) in [7, 11) is -3.20. The molecule has 2 rings (SSSR count). The Bertz CT molecular complexity index is 713. The first kappa shape index (κ1) is 13.5. The van der Waals surface area contributed by atoms with Crippen molar-refractivity contribution in [3.8, 4) is 11.1 Å². The van der Waals surface area contributed by atoms with E-state index in [1.807, 2.05) is 18.2 Å². The molecule has 0 bridgehead atoms. The molecule has 0 amide bonds. The number of benzene rings is 2. The van der Waals surface area contributed by atoms with Gasteiger partial charge in [0.25, 0.3) is 0 Å². The van der Waals surface area contributed by atoms with E-state index in [4.69, 9.17) is 0 Å². The lowest BCUT2D eigenvalue weighted by Crippen LogP contribution is -1.98. The van der Waals surface area contributed by atoms with Gasteiger partial charge in [-0.15, -0.1) is 0 Å². The van der Waals surface area contributed by atoms with Gasteiger partial charge in [0.05, 0.1) is 4.90 Å². The normalized spacial score (nSPS) is 11.3. The summed E-state index contributed by atoms with van der Waals surface area (Å²) in [5, 5.41) is 0. The number of Topliss-reactive ketones (excluding diaryl/α,β-unsaturated/α-hetero) is 1. The van der Waals surface area contributed by atoms with Gasteiger partial charge in [0.15, 0.2) is 15.6 Å². The van der Waals surface area contributed by atoms with Crippen LogP contribution in [0.1, 0.15) is 17.3 Å². The summed E-state index contributed by atoms with van der Waals surface area (Å²) in [5.41, 5.74) is 2.28. The summed E-state index contributed by atoms with van der Waals surface area (Å²) in [4.78, 5) is 11.8. The van der Waals surface area contributed by atoms with Crippen LogP contribution in [0.5, 0.6) is 0 Å². The van der Waals surface area contributed by atoms with E-state index in [0.717, 1.165) is 11.1 Å². The van der Waals surface area contributed by atoms with Gasteiger partial charge in [-0.2, -0.15) is 0 Å². The fraction of sp³-hybridized carbons (Fsp3) is 0.133. The maximum Gasteiger partial charge on any atom is 0.175 e. The van der Waals surface area contributed by atoms with E-state index in [2.05, 4.69) is 0 Å². The highest BCUT2D eigenvalue weighted by molar-refractivity contribution is 7.90. The van der Waals surface area contributed by atoms with Crippen LogP contribution in [-0.2, 0) is 9.84 Å². The van der Waals surface area contributed by atoms with E-state index in [9.17, 15) is 13.2 Å². The Kier molecular flexibility index (Phi) is 3.53. The zero-order chi connectivity index (χ0) is 14.0. The summed E-state index contributed by atoms with van der Waals surface area (Å²) in [6, 6.07) is 13.8. The second-order valence-electron chi connectivity index (χ2n) is 4.40. The van der Waals surface area contributed by atoms with Gasteiger partial charge in [-0.3, -0.25) is 4.79 Å². The fourth-order valence-electron chi connectivity index (χ4n) is 1.92. The van der Waals surface area contributed by atoms with E-state index < -0.39 is 9.84 Å². The van der Waals surface area contributed by atoms with Crippen LogP contribution in [0.3, 0.4) is 0 Å². The lowest BCUT2D eigenvalue weighted by molar-refractivity contribution is 0.101. The summed E-state index contributed by atoms with van der Waals surface area (Å²) >= 11 is 0. The molecule has 98 valence electrons. The van der Waals surface area contributed by atoms with E-state index in [-0.39, 0.29) is 10.7 Å². The molecule has 19 heavy (non-hydrogen) atoms. The second-order valence-corrected chi connectivity index (χ2v) is 6.41. The predicted molar refractivity (Wildman–Crippen MR) is 75.0 cm³/mol. The number of carbonyl (C=O) groups excluding carboxylic acids is 1. The first-order chi connectivity index (χ1) is 8.89. The number of hydrogen-bond donors (Lipinski definition) is 0. The zero-order valence-corrected chi connectivity index (χ0v) is 11.6. The molecule has 3 nitrogen and oxygen atoms in total. The third-order valence-corrected chi connectivity index (χ3v) is 4.03. The Labute approximate surface area is 112 Å². The van der Waals surface area contributed by atoms with Crippen molar-refractivity contribution in [3.05, 3.63) is 54.1 Å². The second kappa shape index (κ2) is 4.97. The Balaban J connectivity index is 2.52. The smallest absolute Gasteiger partial charge is 0.175 e. The van der Waals surface area contributed by atoms with Crippen molar-refractivity contribution < 1.29 is 13.2 Å². The molecule has 0 radical (unpaired) electrons. The predicted octanol–water partition coefficient (Wildman–Crippen LogP) is 2.96. The maximum absolute atomic E-state index is 11.6. The summed E-state index contributed by atoms with van der Waals surface area (Å²) in [6.45, 7) is 1.52. The van der Waals surface area contributed by atoms with Gasteiger partial charge < -0.3 is 0 Å². The molecule has 0 aliphatic carbocycles. The molecule has 0 N–H and O–H groups in total. The molecule has 0 spiro atoms. The highest BCUT2D eigenvalue weighted by Crippen LogP contribution is 2.25. The molecule has 0 unspecified atom stereocenters. The van der Waals surface area contributed by atoms with E-state index in [1.54, 1.807) is 30.3 Å². The number of rotatable bonds is 3. The van der Waals surface area contributed by atoms with Crippen LogP contribution >= 0.6 is 0 Å². The molecule has 0 aliphatic heterocycles. The first-order valence-corrected chi connectivity index (χ1v) is 7.69. The summed E-state index contributed by atoms with van der Waals surface area (Å²) in [6.07, 6.45) is 1.17. The van der Waals surface area contributed by atoms with Crippen molar-refractivity contribution in [2.75, 3.05) is 6.26 Å². The molecule has 0 heterocycles. The molecule has 0 saturated carbocycles. The van der Waals surface area contributed by atoms with Gasteiger partial charge in [0.2, 0.25) is 0 Å². The molecule has 0 atom stereocenters. The van der Waals surface area contributed by atoms with Gasteiger partial charge in [0, 0.05) is 11.8 Å². The average molecular weight is 274 g/mol. The maximum atomic E-state index is 11.6. The first-order valence-electron chi connectivity index (χ1n) is 5.80. The minimum atomic E-state index is -3.20. The topological polar surface area (TPSA) is 51.2 Å². The lowest BCUT2D eigenvalue weighted by Gasteiger charge is -2.07. The molecule has 0 aliphatic rings. The van der Waals surface area contributed by atoms with Gasteiger partial charge >= 0.3 is 0 Å². The molecule has 0 saturated heterocycles. The largest absolute Gasteiger partial charge is 0.294 e. The molecule has 0 fully saturated rings. The molecular formula is C15H14O3S. The Morgan fingerprint density at radius 3 is 2.05 bits per heavy atom. The van der Waals surface area contributed by atoms with Crippen molar-refractivity contribution in [1.29, 1.82) is 0 Å². The van der Waals surface area contributed by atoms with Crippen LogP contribution in [0.4, 0.5) is 0 Å². The lowest BCUT2D eigenvalue weighted by atomic mass is 9.98. The van der Waals surface area contributed by atoms with Crippen molar-refractivity contribution in [2.24, 2.45) is 0 Å². The number of sulfone groups is 1. The van der Waals surface area contributed by atoms with E-state index in [1.165, 1.54) is 13.2 Å². The number of hydrogen-bond acceptors (Lipinski definition) is 3. The Morgan fingerprint density at radius 2 is 1.53 bits per heavy atom. The summed E-state index contributed by atoms with van der Waals surface area (Å²) < 4.78 is 22.8. The van der Waals surface area contributed by atoms with E-state index in [0.29, 0.717) is 5.56 Å². The van der Waals surface area contributed by atoms with Gasteiger partial charge in [-0.25, -0.2) is 8.42 Å². The van der Waals surface area contributed by atoms with Gasteiger partial charge in [-0.1, -0.05) is 36.4 Å². The standard InChI is InChI=1S/C15H14O3S/c1-11(16)14-5-3-4-6-15(14)12-7-9-13(10-8-12)19(2,17)18/h3-10H,1-2H3. The summed E-state index contributed by atoms with van der Waals surface area (Å²) in [5.74, 6) is -0.0113. The molecule has 0 aromatic heterocycles. The monoisotopic (exact) mass is 274 g/mol. The third-order valence-electron chi connectivity index (χ3n) is 2.90. The van der Waals surface area contributed by atoms with Crippen LogP contribution in [0.2, 0.25) is 0 Å². The molecule has 2 aromatic carbocycles. The van der Waals surface area contributed by atoms with Gasteiger partial charge in [0.1, 0.15) is 0 Å². The minimum Gasteiger partial charge on any atom is -0.294 e. The van der Waals surface area contributed by atoms with Gasteiger partial charge in [-0.05, 0) is 30.2 Å². The van der Waals surface area contributed by atoms with E-state index >= 15 is 0 Å². The minimum absolute atomic E-state index is 0.0113. The van der Waals surface area contributed by atoms with Crippen LogP contribution in [0.15, 0.2) is 53.4 Å². The number of ketones is 1. The quantitative estimate of drug-likeness (QED) is 0.808. The van der Waals surface area contributed by atoms with Crippen LogP contribution < -0.4 is 0 Å². The highest BCUT2D eigenvalue weighted by Gasteiger charge is 2.10. The zero-order valence-electron chi connectivity index (χ0n) is 10.8. The van der Waals surface area contributed by atoms with Crippen LogP contribution in [0, 0.1) is 0 Å². The Morgan fingerprint density at radius 1 is 0.947 bits per heavy atom. The van der Waals surface area contributed by atoms with Crippen molar-refractivity contribution in [2.45, 2.75) is 11.8 Å².